The van der Waals surface area contributed by atoms with Crippen molar-refractivity contribution in [1.29, 1.82) is 0 Å². The number of hydrogen-bond acceptors (Lipinski definition) is 4. The van der Waals surface area contributed by atoms with Gasteiger partial charge in [0.05, 0.1) is 12.5 Å². The number of aliphatic carboxylic acids is 1. The molecule has 1 N–H and O–H groups in total. The Bertz CT molecular complexity index is 362. The molecule has 0 saturated heterocycles. The number of carboxylic acids is 1. The lowest BCUT2D eigenvalue weighted by molar-refractivity contribution is -0.161. The molecule has 0 unspecified atom stereocenters. The molecule has 0 radical (unpaired) electrons. The molecule has 0 aromatic heterocycles. The van der Waals surface area contributed by atoms with Crippen molar-refractivity contribution < 1.29 is 24.2 Å². The standard InChI is InChI=1S/C12H18O5/c1-11(7-5-9(14)15)8(13)4-6-12(11,2)10(16)17-3/h4-7H2,1-3H3,(H,14,15)/t11-,12+/m0/s1. The van der Waals surface area contributed by atoms with Gasteiger partial charge in [-0.1, -0.05) is 6.92 Å². The largest absolute Gasteiger partial charge is 0.481 e. The van der Waals surface area contributed by atoms with E-state index >= 15 is 0 Å². The molecule has 0 bridgehead atoms. The number of ketones is 1. The topological polar surface area (TPSA) is 80.7 Å². The minimum Gasteiger partial charge on any atom is -0.481 e. The number of carbonyl (C=O) groups excluding carboxylic acids is 2. The van der Waals surface area contributed by atoms with Crippen LogP contribution in [0.3, 0.4) is 0 Å². The van der Waals surface area contributed by atoms with E-state index in [9.17, 15) is 14.4 Å². The number of ether oxygens (including phenoxy) is 1. The summed E-state index contributed by atoms with van der Waals surface area (Å²) < 4.78 is 4.75. The van der Waals surface area contributed by atoms with Gasteiger partial charge in [-0.15, -0.1) is 0 Å². The fraction of sp³-hybridized carbons (Fsp3) is 0.750. The number of carboxylic acid groups (broad SMARTS) is 1. The van der Waals surface area contributed by atoms with Gasteiger partial charge in [0.25, 0.3) is 0 Å². The molecule has 0 heterocycles. The third kappa shape index (κ3) is 2.06. The molecule has 1 aliphatic carbocycles. The first-order chi connectivity index (χ1) is 7.78. The molecule has 1 saturated carbocycles. The third-order valence-corrected chi connectivity index (χ3v) is 4.16. The molecule has 17 heavy (non-hydrogen) atoms. The highest BCUT2D eigenvalue weighted by Crippen LogP contribution is 2.53. The van der Waals surface area contributed by atoms with Crippen LogP contribution in [0.2, 0.25) is 0 Å². The molecule has 0 amide bonds. The lowest BCUT2D eigenvalue weighted by Gasteiger charge is -2.36. The van der Waals surface area contributed by atoms with E-state index in [1.165, 1.54) is 7.11 Å². The van der Waals surface area contributed by atoms with Crippen molar-refractivity contribution >= 4 is 17.7 Å². The highest BCUT2D eigenvalue weighted by Gasteiger charge is 2.59. The van der Waals surface area contributed by atoms with Crippen LogP contribution < -0.4 is 0 Å². The van der Waals surface area contributed by atoms with Gasteiger partial charge in [-0.25, -0.2) is 0 Å². The first-order valence-corrected chi connectivity index (χ1v) is 5.61. The molecule has 1 rings (SSSR count). The monoisotopic (exact) mass is 242 g/mol. The van der Waals surface area contributed by atoms with Crippen molar-refractivity contribution in [2.24, 2.45) is 10.8 Å². The fourth-order valence-electron chi connectivity index (χ4n) is 2.55. The molecule has 5 heteroatoms. The van der Waals surface area contributed by atoms with Crippen molar-refractivity contribution in [1.82, 2.24) is 0 Å². The SMILES string of the molecule is COC(=O)[C@@]1(C)CCC(=O)[C@]1(C)CCC(=O)O. The molecule has 0 aliphatic heterocycles. The maximum atomic E-state index is 11.9. The second kappa shape index (κ2) is 4.47. The zero-order chi connectivity index (χ0) is 13.3. The van der Waals surface area contributed by atoms with Crippen LogP contribution in [-0.2, 0) is 19.1 Å². The van der Waals surface area contributed by atoms with Gasteiger partial charge in [0.2, 0.25) is 0 Å². The summed E-state index contributed by atoms with van der Waals surface area (Å²) in [4.78, 5) is 34.4. The second-order valence-corrected chi connectivity index (χ2v) is 4.97. The van der Waals surface area contributed by atoms with E-state index in [1.807, 2.05) is 0 Å². The molecule has 5 nitrogen and oxygen atoms in total. The smallest absolute Gasteiger partial charge is 0.312 e. The maximum absolute atomic E-state index is 11.9. The molecule has 1 fully saturated rings. The molecule has 0 aromatic rings. The van der Waals surface area contributed by atoms with E-state index in [2.05, 4.69) is 0 Å². The summed E-state index contributed by atoms with van der Waals surface area (Å²) in [7, 11) is 1.29. The van der Waals surface area contributed by atoms with E-state index in [0.29, 0.717) is 12.8 Å². The van der Waals surface area contributed by atoms with E-state index in [4.69, 9.17) is 9.84 Å². The Morgan fingerprint density at radius 2 is 2.00 bits per heavy atom. The van der Waals surface area contributed by atoms with Gasteiger partial charge in [0.1, 0.15) is 5.78 Å². The predicted octanol–water partition coefficient (Wildman–Crippen LogP) is 1.40. The number of carbonyl (C=O) groups is 3. The van der Waals surface area contributed by atoms with Crippen molar-refractivity contribution in [2.45, 2.75) is 39.5 Å². The third-order valence-electron chi connectivity index (χ3n) is 4.16. The number of Topliss-reactive ketones (excluding diaryl/α,β-unsaturated/α-hetero) is 1. The van der Waals surface area contributed by atoms with Crippen LogP contribution in [0.15, 0.2) is 0 Å². The lowest BCUT2D eigenvalue weighted by atomic mass is 9.65. The first kappa shape index (κ1) is 13.7. The van der Waals surface area contributed by atoms with Crippen LogP contribution in [0, 0.1) is 10.8 Å². The Labute approximate surface area is 100 Å². The summed E-state index contributed by atoms with van der Waals surface area (Å²) in [5.74, 6) is -1.44. The zero-order valence-electron chi connectivity index (χ0n) is 10.4. The van der Waals surface area contributed by atoms with Gasteiger partial charge in [-0.3, -0.25) is 14.4 Å². The minimum atomic E-state index is -0.960. The van der Waals surface area contributed by atoms with Crippen molar-refractivity contribution in [2.75, 3.05) is 7.11 Å². The summed E-state index contributed by atoms with van der Waals surface area (Å²) in [5.41, 5.74) is -1.84. The average Bonchev–Trinajstić information content (AvgIpc) is 2.52. The number of hydrogen-bond donors (Lipinski definition) is 1. The Balaban J connectivity index is 3.01. The highest BCUT2D eigenvalue weighted by molar-refractivity contribution is 5.95. The van der Waals surface area contributed by atoms with E-state index in [0.717, 1.165) is 0 Å². The first-order valence-electron chi connectivity index (χ1n) is 5.61. The molecule has 96 valence electrons. The van der Waals surface area contributed by atoms with Crippen LogP contribution in [0.4, 0.5) is 0 Å². The Morgan fingerprint density at radius 1 is 1.41 bits per heavy atom. The number of esters is 1. The second-order valence-electron chi connectivity index (χ2n) is 4.97. The van der Waals surface area contributed by atoms with E-state index < -0.39 is 22.8 Å². The van der Waals surface area contributed by atoms with Crippen LogP contribution >= 0.6 is 0 Å². The van der Waals surface area contributed by atoms with Crippen molar-refractivity contribution in [3.8, 4) is 0 Å². The van der Waals surface area contributed by atoms with Crippen molar-refractivity contribution in [3.63, 3.8) is 0 Å². The summed E-state index contributed by atoms with van der Waals surface area (Å²) in [5, 5.41) is 8.71. The normalized spacial score (nSPS) is 32.5. The van der Waals surface area contributed by atoms with Crippen LogP contribution in [0.1, 0.15) is 39.5 Å². The molecule has 1 aliphatic rings. The molecule has 0 spiro atoms. The van der Waals surface area contributed by atoms with Crippen LogP contribution in [0.25, 0.3) is 0 Å². The minimum absolute atomic E-state index is 0.0494. The molecule has 0 aromatic carbocycles. The average molecular weight is 242 g/mol. The Morgan fingerprint density at radius 3 is 2.47 bits per heavy atom. The highest BCUT2D eigenvalue weighted by atomic mass is 16.5. The molecular weight excluding hydrogens is 224 g/mol. The molecule has 2 atom stereocenters. The zero-order valence-corrected chi connectivity index (χ0v) is 10.4. The number of methoxy groups -OCH3 is 1. The Hall–Kier alpha value is -1.39. The van der Waals surface area contributed by atoms with Crippen LogP contribution in [-0.4, -0.2) is 29.9 Å². The number of rotatable bonds is 4. The predicted molar refractivity (Wildman–Crippen MR) is 59.3 cm³/mol. The lowest BCUT2D eigenvalue weighted by Crippen LogP contribution is -2.44. The fourth-order valence-corrected chi connectivity index (χ4v) is 2.55. The van der Waals surface area contributed by atoms with Gasteiger partial charge < -0.3 is 9.84 Å². The van der Waals surface area contributed by atoms with Crippen LogP contribution in [0.5, 0.6) is 0 Å². The van der Waals surface area contributed by atoms with Gasteiger partial charge >= 0.3 is 11.9 Å². The van der Waals surface area contributed by atoms with Gasteiger partial charge in [-0.2, -0.15) is 0 Å². The quantitative estimate of drug-likeness (QED) is 0.753. The summed E-state index contributed by atoms with van der Waals surface area (Å²) in [6, 6.07) is 0. The van der Waals surface area contributed by atoms with E-state index in [-0.39, 0.29) is 18.6 Å². The summed E-state index contributed by atoms with van der Waals surface area (Å²) >= 11 is 0. The van der Waals surface area contributed by atoms with Gasteiger partial charge in [0, 0.05) is 18.3 Å². The van der Waals surface area contributed by atoms with Crippen molar-refractivity contribution in [3.05, 3.63) is 0 Å². The Kier molecular flexibility index (Phi) is 3.59. The molecular formula is C12H18O5. The summed E-state index contributed by atoms with van der Waals surface area (Å²) in [6.45, 7) is 3.35. The van der Waals surface area contributed by atoms with Gasteiger partial charge in [0.15, 0.2) is 0 Å². The van der Waals surface area contributed by atoms with E-state index in [1.54, 1.807) is 13.8 Å². The van der Waals surface area contributed by atoms with Gasteiger partial charge in [-0.05, 0) is 19.8 Å². The maximum Gasteiger partial charge on any atom is 0.312 e. The summed E-state index contributed by atoms with van der Waals surface area (Å²) in [6.07, 6.45) is 0.790.